The van der Waals surface area contributed by atoms with E-state index in [0.717, 1.165) is 0 Å². The van der Waals surface area contributed by atoms with Crippen LogP contribution in [0.1, 0.15) is 0 Å². The van der Waals surface area contributed by atoms with Crippen molar-refractivity contribution in [1.29, 1.82) is 0 Å². The SMILES string of the molecule is S.[In+3].[O-2].[O-2].[Ti+4]. The molecule has 0 spiro atoms. The summed E-state index contributed by atoms with van der Waals surface area (Å²) in [5, 5.41) is 0. The van der Waals surface area contributed by atoms with Gasteiger partial charge in [-0.15, -0.1) is 0 Å². The van der Waals surface area contributed by atoms with Crippen LogP contribution in [0.4, 0.5) is 0 Å². The molecule has 0 amide bonds. The van der Waals surface area contributed by atoms with Gasteiger partial charge in [0.25, 0.3) is 0 Å². The molecule has 0 aliphatic rings. The Bertz CT molecular complexity index is 9.61. The standard InChI is InChI=1S/In.2O.H2S.Ti/h;;;1H2;/q+3;2*-2;;+4. The molecule has 0 atom stereocenters. The third-order valence-corrected chi connectivity index (χ3v) is 0. The molecule has 0 saturated carbocycles. The fourth-order valence-electron chi connectivity index (χ4n) is 0. The Morgan fingerprint density at radius 2 is 0.800 bits per heavy atom. The van der Waals surface area contributed by atoms with Crippen molar-refractivity contribution < 1.29 is 32.7 Å². The molecular weight excluding hydrogens is 227 g/mol. The van der Waals surface area contributed by atoms with Crippen molar-refractivity contribution in [2.45, 2.75) is 0 Å². The van der Waals surface area contributed by atoms with Gasteiger partial charge in [-0.3, -0.25) is 0 Å². The van der Waals surface area contributed by atoms with E-state index in [1.165, 1.54) is 0 Å². The van der Waals surface area contributed by atoms with Crippen LogP contribution in [0.2, 0.25) is 0 Å². The Morgan fingerprint density at radius 1 is 0.800 bits per heavy atom. The van der Waals surface area contributed by atoms with E-state index in [0.29, 0.717) is 0 Å². The summed E-state index contributed by atoms with van der Waals surface area (Å²) in [7, 11) is 0. The van der Waals surface area contributed by atoms with Crippen LogP contribution in [0.5, 0.6) is 0 Å². The van der Waals surface area contributed by atoms with Gasteiger partial charge in [0.05, 0.1) is 0 Å². The van der Waals surface area contributed by atoms with Crippen LogP contribution in [0.3, 0.4) is 0 Å². The molecule has 0 aliphatic carbocycles. The van der Waals surface area contributed by atoms with E-state index in [-0.39, 0.29) is 72.0 Å². The Hall–Kier alpha value is 1.85. The van der Waals surface area contributed by atoms with E-state index in [9.17, 15) is 0 Å². The van der Waals surface area contributed by atoms with Gasteiger partial charge in [-0.05, 0) is 0 Å². The number of rotatable bonds is 0. The second-order valence-electron chi connectivity index (χ2n) is 0. The predicted molar refractivity (Wildman–Crippen MR) is 17.5 cm³/mol. The topological polar surface area (TPSA) is 57.0 Å². The van der Waals surface area contributed by atoms with Crippen molar-refractivity contribution in [3.05, 3.63) is 0 Å². The van der Waals surface area contributed by atoms with Gasteiger partial charge in [0.1, 0.15) is 0 Å². The second kappa shape index (κ2) is 40.1. The maximum atomic E-state index is 0. The zero-order valence-electron chi connectivity index (χ0n) is 2.39. The van der Waals surface area contributed by atoms with Crippen LogP contribution in [-0.4, -0.2) is 25.8 Å². The quantitative estimate of drug-likeness (QED) is 0.502. The molecule has 24 valence electrons. The van der Waals surface area contributed by atoms with Crippen LogP contribution in [0, 0.1) is 0 Å². The van der Waals surface area contributed by atoms with Crippen molar-refractivity contribution in [2.24, 2.45) is 0 Å². The number of hydrogen-bond donors (Lipinski definition) is 0. The minimum atomic E-state index is 0. The van der Waals surface area contributed by atoms with Crippen molar-refractivity contribution in [3.8, 4) is 0 Å². The summed E-state index contributed by atoms with van der Waals surface area (Å²) in [5.74, 6) is 0. The molecule has 0 unspecified atom stereocenters. The Labute approximate surface area is 71.4 Å². The van der Waals surface area contributed by atoms with Crippen LogP contribution >= 0.6 is 13.5 Å². The maximum absolute atomic E-state index is 0. The zero-order chi connectivity index (χ0) is 0. The normalized spacial score (nSPS) is 0. The smallest absolute Gasteiger partial charge is 2.00 e. The summed E-state index contributed by atoms with van der Waals surface area (Å²) in [6.45, 7) is 0. The summed E-state index contributed by atoms with van der Waals surface area (Å²) in [6, 6.07) is 0. The fraction of sp³-hybridized carbons (Fsp3) is 0. The molecule has 0 aromatic heterocycles. The molecule has 0 rings (SSSR count). The van der Waals surface area contributed by atoms with Gasteiger partial charge >= 0.3 is 47.6 Å². The average molecular weight is 229 g/mol. The summed E-state index contributed by atoms with van der Waals surface area (Å²) < 4.78 is 0. The first kappa shape index (κ1) is 68.3. The first-order chi connectivity index (χ1) is 0. The van der Waals surface area contributed by atoms with Crippen LogP contribution in [-0.2, 0) is 32.7 Å². The van der Waals surface area contributed by atoms with Gasteiger partial charge in [0, 0.05) is 0 Å². The predicted octanol–water partition coefficient (Wildman–Crippen LogP) is -0.508. The van der Waals surface area contributed by atoms with Crippen LogP contribution < -0.4 is 0 Å². The van der Waals surface area contributed by atoms with E-state index in [4.69, 9.17) is 0 Å². The van der Waals surface area contributed by atoms with Crippen molar-refractivity contribution in [3.63, 3.8) is 0 Å². The monoisotopic (exact) mass is 229 g/mol. The van der Waals surface area contributed by atoms with E-state index in [1.807, 2.05) is 0 Å². The Balaban J connectivity index is 0. The molecule has 0 radical (unpaired) electrons. The largest absolute Gasteiger partial charge is 4.00 e. The van der Waals surface area contributed by atoms with Crippen molar-refractivity contribution in [1.82, 2.24) is 0 Å². The second-order valence-corrected chi connectivity index (χ2v) is 0. The van der Waals surface area contributed by atoms with Gasteiger partial charge in [0.15, 0.2) is 0 Å². The molecule has 5 heavy (non-hydrogen) atoms. The summed E-state index contributed by atoms with van der Waals surface area (Å²) in [5.41, 5.74) is 0. The molecule has 0 fully saturated rings. The molecule has 2 nitrogen and oxygen atoms in total. The third kappa shape index (κ3) is 25.3. The van der Waals surface area contributed by atoms with E-state index >= 15 is 0 Å². The Morgan fingerprint density at radius 3 is 0.800 bits per heavy atom. The molecule has 0 aromatic rings. The molecule has 0 heterocycles. The van der Waals surface area contributed by atoms with Crippen molar-refractivity contribution >= 4 is 39.3 Å². The van der Waals surface area contributed by atoms with Crippen LogP contribution in [0.25, 0.3) is 0 Å². The van der Waals surface area contributed by atoms with Crippen molar-refractivity contribution in [2.75, 3.05) is 0 Å². The molecule has 0 aromatic carbocycles. The first-order valence-corrected chi connectivity index (χ1v) is 0. The van der Waals surface area contributed by atoms with E-state index in [2.05, 4.69) is 0 Å². The first-order valence-electron chi connectivity index (χ1n) is 0. The fourth-order valence-corrected chi connectivity index (χ4v) is 0. The molecular formula is H2InO2STi+3. The zero-order valence-corrected chi connectivity index (χ0v) is 8.25. The molecule has 0 N–H and O–H groups in total. The Kier molecular flexibility index (Phi) is 548. The molecule has 0 aliphatic heterocycles. The van der Waals surface area contributed by atoms with E-state index < -0.39 is 0 Å². The minimum Gasteiger partial charge on any atom is -2.00 e. The summed E-state index contributed by atoms with van der Waals surface area (Å²) in [4.78, 5) is 0. The molecule has 0 saturated heterocycles. The maximum Gasteiger partial charge on any atom is 4.00 e. The molecule has 0 bridgehead atoms. The van der Waals surface area contributed by atoms with Gasteiger partial charge in [0.2, 0.25) is 0 Å². The van der Waals surface area contributed by atoms with Gasteiger partial charge in [-0.1, -0.05) is 0 Å². The number of hydrogen-bond acceptors (Lipinski definition) is 0. The molecule has 5 heteroatoms. The summed E-state index contributed by atoms with van der Waals surface area (Å²) in [6.07, 6.45) is 0. The van der Waals surface area contributed by atoms with Gasteiger partial charge in [-0.25, -0.2) is 0 Å². The van der Waals surface area contributed by atoms with Gasteiger partial charge in [-0.2, -0.15) is 13.5 Å². The minimum absolute atomic E-state index is 0. The summed E-state index contributed by atoms with van der Waals surface area (Å²) >= 11 is 0. The van der Waals surface area contributed by atoms with Gasteiger partial charge < -0.3 is 11.0 Å². The van der Waals surface area contributed by atoms with Crippen LogP contribution in [0.15, 0.2) is 0 Å². The third-order valence-electron chi connectivity index (χ3n) is 0. The average Bonchev–Trinajstić information content (AvgIpc) is 0. The van der Waals surface area contributed by atoms with E-state index in [1.54, 1.807) is 0 Å².